The number of sulfonamides is 1. The summed E-state index contributed by atoms with van der Waals surface area (Å²) in [5, 5.41) is 3.52. The highest BCUT2D eigenvalue weighted by molar-refractivity contribution is 7.92. The molecular formula is C25H33Cl2N3O5S. The van der Waals surface area contributed by atoms with Crippen LogP contribution in [0.5, 0.6) is 5.75 Å². The summed E-state index contributed by atoms with van der Waals surface area (Å²) in [6.07, 6.45) is 1.02. The molecule has 0 aliphatic carbocycles. The molecule has 2 aromatic rings. The molecule has 0 spiro atoms. The summed E-state index contributed by atoms with van der Waals surface area (Å²) in [4.78, 5) is 27.9. The lowest BCUT2D eigenvalue weighted by Gasteiger charge is -2.33. The monoisotopic (exact) mass is 557 g/mol. The quantitative estimate of drug-likeness (QED) is 0.464. The number of amides is 2. The zero-order chi connectivity index (χ0) is 27.3. The molecule has 0 aliphatic heterocycles. The molecule has 2 aromatic carbocycles. The topological polar surface area (TPSA) is 96.0 Å². The van der Waals surface area contributed by atoms with Gasteiger partial charge in [0.15, 0.2) is 0 Å². The predicted molar refractivity (Wildman–Crippen MR) is 144 cm³/mol. The Hall–Kier alpha value is -2.49. The maximum absolute atomic E-state index is 13.6. The van der Waals surface area contributed by atoms with Gasteiger partial charge in [0.2, 0.25) is 21.8 Å². The maximum atomic E-state index is 13.6. The number of carbonyl (C=O) groups is 2. The third kappa shape index (κ3) is 8.28. The molecule has 11 heteroatoms. The van der Waals surface area contributed by atoms with Crippen molar-refractivity contribution in [3.8, 4) is 5.75 Å². The average Bonchev–Trinajstić information content (AvgIpc) is 2.76. The first-order chi connectivity index (χ1) is 16.6. The van der Waals surface area contributed by atoms with Crippen molar-refractivity contribution in [1.82, 2.24) is 10.2 Å². The first-order valence-electron chi connectivity index (χ1n) is 11.4. The molecule has 0 saturated carbocycles. The van der Waals surface area contributed by atoms with E-state index in [-0.39, 0.29) is 12.2 Å². The van der Waals surface area contributed by atoms with Crippen LogP contribution in [-0.2, 0) is 26.2 Å². The molecule has 0 radical (unpaired) electrons. The lowest BCUT2D eigenvalue weighted by molar-refractivity contribution is -0.140. The Bertz CT molecular complexity index is 1160. The van der Waals surface area contributed by atoms with Gasteiger partial charge in [0.05, 0.1) is 18.6 Å². The third-order valence-electron chi connectivity index (χ3n) is 5.17. The SMILES string of the molecule is CCOc1ccc(N(CC(=O)N(Cc2c(Cl)cccc2Cl)C(C)C(=O)NC(C)(C)C)S(C)(=O)=O)cc1. The van der Waals surface area contributed by atoms with E-state index in [2.05, 4.69) is 5.32 Å². The second-order valence-electron chi connectivity index (χ2n) is 9.33. The molecule has 0 aromatic heterocycles. The van der Waals surface area contributed by atoms with Crippen molar-refractivity contribution in [1.29, 1.82) is 0 Å². The Kier molecular flexibility index (Phi) is 10.0. The van der Waals surface area contributed by atoms with Crippen LogP contribution in [0.15, 0.2) is 42.5 Å². The molecule has 198 valence electrons. The van der Waals surface area contributed by atoms with Crippen molar-refractivity contribution in [2.24, 2.45) is 0 Å². The van der Waals surface area contributed by atoms with Crippen LogP contribution in [0.3, 0.4) is 0 Å². The second-order valence-corrected chi connectivity index (χ2v) is 12.1. The van der Waals surface area contributed by atoms with E-state index in [0.29, 0.717) is 28.0 Å². The number of hydrogen-bond acceptors (Lipinski definition) is 5. The van der Waals surface area contributed by atoms with Gasteiger partial charge in [0.1, 0.15) is 18.3 Å². The van der Waals surface area contributed by atoms with Crippen LogP contribution in [-0.4, -0.2) is 56.1 Å². The Labute approximate surface area is 223 Å². The van der Waals surface area contributed by atoms with Crippen LogP contribution < -0.4 is 14.4 Å². The number of anilines is 1. The van der Waals surface area contributed by atoms with Gasteiger partial charge in [-0.2, -0.15) is 0 Å². The molecule has 1 N–H and O–H groups in total. The van der Waals surface area contributed by atoms with E-state index in [9.17, 15) is 18.0 Å². The van der Waals surface area contributed by atoms with Gasteiger partial charge in [-0.15, -0.1) is 0 Å². The fourth-order valence-electron chi connectivity index (χ4n) is 3.40. The molecule has 8 nitrogen and oxygen atoms in total. The Morgan fingerprint density at radius 1 is 1.06 bits per heavy atom. The van der Waals surface area contributed by atoms with Crippen molar-refractivity contribution >= 4 is 50.7 Å². The Morgan fingerprint density at radius 3 is 2.08 bits per heavy atom. The molecule has 0 bridgehead atoms. The summed E-state index contributed by atoms with van der Waals surface area (Å²) in [5.74, 6) is -0.420. The van der Waals surface area contributed by atoms with Crippen LogP contribution in [0.2, 0.25) is 10.0 Å². The molecule has 0 saturated heterocycles. The van der Waals surface area contributed by atoms with Gasteiger partial charge in [-0.3, -0.25) is 13.9 Å². The molecule has 2 amide bonds. The van der Waals surface area contributed by atoms with Crippen LogP contribution in [0.4, 0.5) is 5.69 Å². The molecule has 0 aliphatic rings. The molecule has 1 atom stereocenters. The number of halogens is 2. The minimum absolute atomic E-state index is 0.0864. The largest absolute Gasteiger partial charge is 0.494 e. The van der Waals surface area contributed by atoms with Crippen molar-refractivity contribution in [3.05, 3.63) is 58.1 Å². The number of rotatable bonds is 10. The molecule has 0 heterocycles. The highest BCUT2D eigenvalue weighted by Crippen LogP contribution is 2.27. The van der Waals surface area contributed by atoms with Crippen LogP contribution in [0.25, 0.3) is 0 Å². The lowest BCUT2D eigenvalue weighted by Crippen LogP contribution is -2.54. The van der Waals surface area contributed by atoms with Crippen molar-refractivity contribution in [3.63, 3.8) is 0 Å². The molecule has 36 heavy (non-hydrogen) atoms. The van der Waals surface area contributed by atoms with Gasteiger partial charge in [-0.1, -0.05) is 29.3 Å². The van der Waals surface area contributed by atoms with Crippen molar-refractivity contribution in [2.45, 2.75) is 52.7 Å². The van der Waals surface area contributed by atoms with E-state index >= 15 is 0 Å². The highest BCUT2D eigenvalue weighted by atomic mass is 35.5. The standard InChI is InChI=1S/C25H33Cl2N3O5S/c1-7-35-19-13-11-18(12-14-19)30(36(6,33)34)16-23(31)29(17(2)24(32)28-25(3,4)5)15-20-21(26)9-8-10-22(20)27/h8-14,17H,7,15-16H2,1-6H3,(H,28,32). The van der Waals surface area contributed by atoms with Gasteiger partial charge in [0.25, 0.3) is 0 Å². The zero-order valence-corrected chi connectivity index (χ0v) is 23.7. The first kappa shape index (κ1) is 29.7. The van der Waals surface area contributed by atoms with Gasteiger partial charge in [-0.05, 0) is 71.0 Å². The number of nitrogens with zero attached hydrogens (tertiary/aromatic N) is 2. The summed E-state index contributed by atoms with van der Waals surface area (Å²) in [6, 6.07) is 10.4. The Balaban J connectivity index is 2.44. The van der Waals surface area contributed by atoms with Crippen LogP contribution in [0.1, 0.15) is 40.2 Å². The second kappa shape index (κ2) is 12.2. The summed E-state index contributed by atoms with van der Waals surface area (Å²) in [5.41, 5.74) is 0.205. The normalized spacial score (nSPS) is 12.6. The van der Waals surface area contributed by atoms with E-state index in [0.717, 1.165) is 10.6 Å². The fraction of sp³-hybridized carbons (Fsp3) is 0.440. The first-order valence-corrected chi connectivity index (χ1v) is 14.0. The zero-order valence-electron chi connectivity index (χ0n) is 21.3. The summed E-state index contributed by atoms with van der Waals surface area (Å²) in [6.45, 7) is 8.74. The van der Waals surface area contributed by atoms with Gasteiger partial charge < -0.3 is 15.0 Å². The van der Waals surface area contributed by atoms with Crippen LogP contribution >= 0.6 is 23.2 Å². The lowest BCUT2D eigenvalue weighted by atomic mass is 10.1. The smallest absolute Gasteiger partial charge is 0.244 e. The minimum atomic E-state index is -3.84. The average molecular weight is 559 g/mol. The van der Waals surface area contributed by atoms with Gasteiger partial charge in [-0.25, -0.2) is 8.42 Å². The van der Waals surface area contributed by atoms with Crippen molar-refractivity contribution in [2.75, 3.05) is 23.7 Å². The van der Waals surface area contributed by atoms with Crippen LogP contribution in [0, 0.1) is 0 Å². The van der Waals surface area contributed by atoms with E-state index < -0.39 is 40.0 Å². The molecule has 1 unspecified atom stereocenters. The number of carbonyl (C=O) groups excluding carboxylic acids is 2. The third-order valence-corrected chi connectivity index (χ3v) is 7.02. The number of ether oxygens (including phenoxy) is 1. The number of hydrogen-bond donors (Lipinski definition) is 1. The van der Waals surface area contributed by atoms with E-state index in [4.69, 9.17) is 27.9 Å². The number of benzene rings is 2. The molecule has 0 fully saturated rings. The molecule has 2 rings (SSSR count). The summed E-state index contributed by atoms with van der Waals surface area (Å²) in [7, 11) is -3.84. The Morgan fingerprint density at radius 2 is 1.61 bits per heavy atom. The van der Waals surface area contributed by atoms with Crippen molar-refractivity contribution < 1.29 is 22.7 Å². The summed E-state index contributed by atoms with van der Waals surface area (Å²) >= 11 is 12.7. The van der Waals surface area contributed by atoms with E-state index in [1.165, 1.54) is 4.90 Å². The van der Waals surface area contributed by atoms with Gasteiger partial charge >= 0.3 is 0 Å². The van der Waals surface area contributed by atoms with Gasteiger partial charge in [0, 0.05) is 27.7 Å². The summed E-state index contributed by atoms with van der Waals surface area (Å²) < 4.78 is 31.7. The van der Waals surface area contributed by atoms with E-state index in [1.807, 2.05) is 27.7 Å². The highest BCUT2D eigenvalue weighted by Gasteiger charge is 2.32. The maximum Gasteiger partial charge on any atom is 0.244 e. The predicted octanol–water partition coefficient (Wildman–Crippen LogP) is 4.49. The molecular weight excluding hydrogens is 525 g/mol. The van der Waals surface area contributed by atoms with E-state index in [1.54, 1.807) is 49.4 Å². The fourth-order valence-corrected chi connectivity index (χ4v) is 4.77. The minimum Gasteiger partial charge on any atom is -0.494 e. The number of nitrogens with one attached hydrogen (secondary N) is 1.